The summed E-state index contributed by atoms with van der Waals surface area (Å²) in [4.78, 5) is 0. The first kappa shape index (κ1) is 13.1. The molecule has 0 amide bonds. The van der Waals surface area contributed by atoms with Crippen LogP contribution in [0, 0.1) is 5.92 Å². The minimum atomic E-state index is -0.102. The van der Waals surface area contributed by atoms with Gasteiger partial charge in [0.2, 0.25) is 0 Å². The normalized spacial score (nSPS) is 28.7. The molecule has 1 saturated heterocycles. The Balaban J connectivity index is 1.84. The maximum absolute atomic E-state index is 6.86. The summed E-state index contributed by atoms with van der Waals surface area (Å²) in [6.07, 6.45) is 8.37. The van der Waals surface area contributed by atoms with Crippen molar-refractivity contribution < 1.29 is 4.74 Å². The molecule has 2 aliphatic rings. The van der Waals surface area contributed by atoms with Crippen molar-refractivity contribution in [1.82, 2.24) is 0 Å². The van der Waals surface area contributed by atoms with E-state index in [-0.39, 0.29) is 5.54 Å². The summed E-state index contributed by atoms with van der Waals surface area (Å²) in [5.41, 5.74) is 9.66. The average molecular weight is 259 g/mol. The number of ether oxygens (including phenoxy) is 1. The van der Waals surface area contributed by atoms with Gasteiger partial charge in [0.15, 0.2) is 0 Å². The van der Waals surface area contributed by atoms with Crippen molar-refractivity contribution in [3.8, 4) is 0 Å². The van der Waals surface area contributed by atoms with Crippen LogP contribution in [0.5, 0.6) is 0 Å². The fourth-order valence-corrected chi connectivity index (χ4v) is 3.79. The summed E-state index contributed by atoms with van der Waals surface area (Å²) in [6.45, 7) is 1.84. The molecular weight excluding hydrogens is 234 g/mol. The molecule has 1 aromatic rings. The largest absolute Gasteiger partial charge is 0.381 e. The molecule has 19 heavy (non-hydrogen) atoms. The molecule has 0 saturated carbocycles. The van der Waals surface area contributed by atoms with Gasteiger partial charge in [0.05, 0.1) is 0 Å². The molecular formula is C17H25NO. The molecule has 104 valence electrons. The molecule has 1 unspecified atom stereocenters. The van der Waals surface area contributed by atoms with Gasteiger partial charge in [-0.1, -0.05) is 30.7 Å². The Labute approximate surface area is 116 Å². The van der Waals surface area contributed by atoms with Crippen LogP contribution < -0.4 is 5.73 Å². The maximum atomic E-state index is 6.86. The fourth-order valence-electron chi connectivity index (χ4n) is 3.79. The molecule has 0 radical (unpaired) electrons. The highest BCUT2D eigenvalue weighted by molar-refractivity contribution is 5.34. The van der Waals surface area contributed by atoms with Crippen molar-refractivity contribution >= 4 is 0 Å². The Bertz CT molecular complexity index is 425. The quantitative estimate of drug-likeness (QED) is 0.826. The zero-order chi connectivity index (χ0) is 13.1. The molecule has 1 aromatic carbocycles. The van der Waals surface area contributed by atoms with Gasteiger partial charge in [-0.2, -0.15) is 0 Å². The second-order valence-electron chi connectivity index (χ2n) is 6.28. The van der Waals surface area contributed by atoms with Crippen molar-refractivity contribution in [2.24, 2.45) is 11.7 Å². The summed E-state index contributed by atoms with van der Waals surface area (Å²) in [6, 6.07) is 8.83. The smallest absolute Gasteiger partial charge is 0.0468 e. The van der Waals surface area contributed by atoms with E-state index in [9.17, 15) is 0 Å². The zero-order valence-electron chi connectivity index (χ0n) is 11.7. The van der Waals surface area contributed by atoms with Crippen LogP contribution in [-0.4, -0.2) is 13.2 Å². The van der Waals surface area contributed by atoms with Gasteiger partial charge in [0.1, 0.15) is 0 Å². The van der Waals surface area contributed by atoms with Gasteiger partial charge >= 0.3 is 0 Å². The van der Waals surface area contributed by atoms with Gasteiger partial charge in [0.25, 0.3) is 0 Å². The van der Waals surface area contributed by atoms with Crippen molar-refractivity contribution in [2.45, 2.75) is 50.5 Å². The predicted octanol–water partition coefficient (Wildman–Crippen LogP) is 3.38. The van der Waals surface area contributed by atoms with Crippen LogP contribution in [0.2, 0.25) is 0 Å². The maximum Gasteiger partial charge on any atom is 0.0468 e. The van der Waals surface area contributed by atoms with E-state index in [1.54, 1.807) is 0 Å². The molecule has 0 bridgehead atoms. The van der Waals surface area contributed by atoms with Gasteiger partial charge in [-0.15, -0.1) is 0 Å². The molecule has 1 aliphatic carbocycles. The predicted molar refractivity (Wildman–Crippen MR) is 78.0 cm³/mol. The van der Waals surface area contributed by atoms with Crippen LogP contribution in [0.4, 0.5) is 0 Å². The molecule has 2 N–H and O–H groups in total. The van der Waals surface area contributed by atoms with Gasteiger partial charge in [-0.3, -0.25) is 0 Å². The lowest BCUT2D eigenvalue weighted by molar-refractivity contribution is 0.0550. The summed E-state index contributed by atoms with van der Waals surface area (Å²) in [7, 11) is 0. The minimum absolute atomic E-state index is 0.102. The molecule has 2 heteroatoms. The number of benzene rings is 1. The SMILES string of the molecule is NC1(CC2CCOCC2)CCCCc2ccccc21. The second kappa shape index (κ2) is 5.64. The van der Waals surface area contributed by atoms with E-state index in [0.29, 0.717) is 0 Å². The van der Waals surface area contributed by atoms with Crippen LogP contribution in [0.3, 0.4) is 0 Å². The monoisotopic (exact) mass is 259 g/mol. The molecule has 3 rings (SSSR count). The third kappa shape index (κ3) is 2.85. The van der Waals surface area contributed by atoms with Crippen molar-refractivity contribution in [3.63, 3.8) is 0 Å². The van der Waals surface area contributed by atoms with Gasteiger partial charge in [-0.05, 0) is 55.6 Å². The lowest BCUT2D eigenvalue weighted by atomic mass is 9.76. The molecule has 1 fully saturated rings. The Kier molecular flexibility index (Phi) is 3.90. The molecule has 1 heterocycles. The Hall–Kier alpha value is -0.860. The highest BCUT2D eigenvalue weighted by Crippen LogP contribution is 2.38. The van der Waals surface area contributed by atoms with Crippen molar-refractivity contribution in [1.29, 1.82) is 0 Å². The van der Waals surface area contributed by atoms with Crippen LogP contribution in [-0.2, 0) is 16.7 Å². The third-order valence-corrected chi connectivity index (χ3v) is 4.87. The van der Waals surface area contributed by atoms with E-state index in [0.717, 1.165) is 32.0 Å². The van der Waals surface area contributed by atoms with E-state index >= 15 is 0 Å². The number of fused-ring (bicyclic) bond motifs is 1. The average Bonchev–Trinajstić information content (AvgIpc) is 2.60. The first-order valence-electron chi connectivity index (χ1n) is 7.73. The highest BCUT2D eigenvalue weighted by atomic mass is 16.5. The van der Waals surface area contributed by atoms with Crippen LogP contribution in [0.1, 0.15) is 49.7 Å². The van der Waals surface area contributed by atoms with Gasteiger partial charge in [-0.25, -0.2) is 0 Å². The van der Waals surface area contributed by atoms with E-state index in [2.05, 4.69) is 24.3 Å². The molecule has 2 nitrogen and oxygen atoms in total. The van der Waals surface area contributed by atoms with Crippen LogP contribution in [0.15, 0.2) is 24.3 Å². The second-order valence-corrected chi connectivity index (χ2v) is 6.28. The summed E-state index contributed by atoms with van der Waals surface area (Å²) >= 11 is 0. The summed E-state index contributed by atoms with van der Waals surface area (Å²) in [5.74, 6) is 0.741. The van der Waals surface area contributed by atoms with E-state index in [1.165, 1.54) is 43.2 Å². The van der Waals surface area contributed by atoms with Crippen molar-refractivity contribution in [3.05, 3.63) is 35.4 Å². The Morgan fingerprint density at radius 3 is 2.79 bits per heavy atom. The summed E-state index contributed by atoms with van der Waals surface area (Å²) in [5, 5.41) is 0. The first-order valence-corrected chi connectivity index (χ1v) is 7.73. The minimum Gasteiger partial charge on any atom is -0.381 e. The standard InChI is InChI=1S/C17H25NO/c18-17(13-14-8-11-19-12-9-14)10-4-3-6-15-5-1-2-7-16(15)17/h1-2,5,7,14H,3-4,6,8-13,18H2. The number of aryl methyl sites for hydroxylation is 1. The lowest BCUT2D eigenvalue weighted by Gasteiger charge is -2.35. The topological polar surface area (TPSA) is 35.2 Å². The highest BCUT2D eigenvalue weighted by Gasteiger charge is 2.33. The lowest BCUT2D eigenvalue weighted by Crippen LogP contribution is -2.40. The van der Waals surface area contributed by atoms with Gasteiger partial charge < -0.3 is 10.5 Å². The summed E-state index contributed by atoms with van der Waals surface area (Å²) < 4.78 is 5.48. The molecule has 1 atom stereocenters. The first-order chi connectivity index (χ1) is 9.28. The number of hydrogen-bond acceptors (Lipinski definition) is 2. The fraction of sp³-hybridized carbons (Fsp3) is 0.647. The van der Waals surface area contributed by atoms with Crippen LogP contribution >= 0.6 is 0 Å². The van der Waals surface area contributed by atoms with E-state index in [1.807, 2.05) is 0 Å². The van der Waals surface area contributed by atoms with Crippen LogP contribution in [0.25, 0.3) is 0 Å². The van der Waals surface area contributed by atoms with Gasteiger partial charge in [0, 0.05) is 18.8 Å². The molecule has 1 aliphatic heterocycles. The van der Waals surface area contributed by atoms with E-state index in [4.69, 9.17) is 10.5 Å². The number of rotatable bonds is 2. The zero-order valence-corrected chi connectivity index (χ0v) is 11.7. The number of nitrogens with two attached hydrogens (primary N) is 1. The molecule has 0 aromatic heterocycles. The Morgan fingerprint density at radius 2 is 1.95 bits per heavy atom. The van der Waals surface area contributed by atoms with Crippen molar-refractivity contribution in [2.75, 3.05) is 13.2 Å². The number of hydrogen-bond donors (Lipinski definition) is 1. The third-order valence-electron chi connectivity index (χ3n) is 4.87. The Morgan fingerprint density at radius 1 is 1.16 bits per heavy atom. The molecule has 0 spiro atoms. The van der Waals surface area contributed by atoms with E-state index < -0.39 is 0 Å².